The Morgan fingerprint density at radius 3 is 1.44 bits per heavy atom. The van der Waals surface area contributed by atoms with Crippen LogP contribution in [0.1, 0.15) is 105 Å². The van der Waals surface area contributed by atoms with Crippen molar-refractivity contribution in [3.63, 3.8) is 0 Å². The van der Waals surface area contributed by atoms with Gasteiger partial charge in [0.2, 0.25) is 10.4 Å². The number of rotatable bonds is 13. The summed E-state index contributed by atoms with van der Waals surface area (Å²) in [4.78, 5) is 0. The minimum atomic E-state index is -4.92. The van der Waals surface area contributed by atoms with Gasteiger partial charge in [0.05, 0.1) is 5.54 Å². The highest BCUT2D eigenvalue weighted by Crippen LogP contribution is 2.31. The van der Waals surface area contributed by atoms with Crippen LogP contribution in [0.2, 0.25) is 0 Å². The van der Waals surface area contributed by atoms with Gasteiger partial charge in [0.15, 0.2) is 0 Å². The largest absolute Gasteiger partial charge is 0.726 e. The van der Waals surface area contributed by atoms with Crippen LogP contribution in [-0.4, -0.2) is 23.1 Å². The van der Waals surface area contributed by atoms with Crippen molar-refractivity contribution in [1.82, 2.24) is 0 Å². The second-order valence-electron chi connectivity index (χ2n) is 7.52. The summed E-state index contributed by atoms with van der Waals surface area (Å²) in [6.45, 7) is 11.7. The molecule has 0 aromatic rings. The van der Waals surface area contributed by atoms with Gasteiger partial charge in [0.1, 0.15) is 0 Å². The van der Waals surface area contributed by atoms with E-state index in [0.717, 1.165) is 11.8 Å². The normalized spacial score (nSPS) is 16.5. The molecule has 0 fully saturated rings. The molecule has 0 heterocycles. The molecule has 2 atom stereocenters. The van der Waals surface area contributed by atoms with Gasteiger partial charge >= 0.3 is 0 Å². The Morgan fingerprint density at radius 2 is 1.24 bits per heavy atom. The molecule has 0 rings (SSSR count). The molecule has 0 aliphatic rings. The molecule has 0 amide bonds. The number of hydrogen-bond donors (Lipinski definition) is 2. The minimum Gasteiger partial charge on any atom is -0.726 e. The van der Waals surface area contributed by atoms with Gasteiger partial charge in [-0.15, -0.1) is 0 Å². The lowest BCUT2D eigenvalue weighted by Crippen LogP contribution is -2.73. The first-order valence-electron chi connectivity index (χ1n) is 10.1. The molecule has 0 saturated carbocycles. The highest BCUT2D eigenvalue weighted by Gasteiger charge is 2.32. The molecule has 0 spiro atoms. The molecule has 0 bridgehead atoms. The average molecular weight is 382 g/mol. The fraction of sp³-hybridized carbons (Fsp3) is 1.00. The van der Waals surface area contributed by atoms with Crippen molar-refractivity contribution in [2.24, 2.45) is 11.8 Å². The van der Waals surface area contributed by atoms with Gasteiger partial charge in [0.25, 0.3) is 0 Å². The van der Waals surface area contributed by atoms with Crippen LogP contribution in [0.4, 0.5) is 0 Å². The maximum Gasteiger partial charge on any atom is 0.215 e. The second-order valence-corrected chi connectivity index (χ2v) is 8.38. The summed E-state index contributed by atoms with van der Waals surface area (Å²) in [6.07, 6.45) is 14.9. The molecule has 0 aliphatic carbocycles. The first-order chi connectivity index (χ1) is 11.5. The Labute approximate surface area is 156 Å². The van der Waals surface area contributed by atoms with E-state index in [4.69, 9.17) is 17.5 Å². The zero-order chi connectivity index (χ0) is 19.9. The smallest absolute Gasteiger partial charge is 0.215 e. The Hall–Kier alpha value is -0.170. The summed E-state index contributed by atoms with van der Waals surface area (Å²) in [7, 11) is -4.92. The molecule has 0 aromatic heterocycles. The predicted octanol–water partition coefficient (Wildman–Crippen LogP) is 4.59. The van der Waals surface area contributed by atoms with E-state index in [1.807, 2.05) is 0 Å². The summed E-state index contributed by atoms with van der Waals surface area (Å²) in [5.41, 5.74) is 5.02. The third kappa shape index (κ3) is 18.4. The van der Waals surface area contributed by atoms with Gasteiger partial charge in [-0.2, -0.15) is 0 Å². The first kappa shape index (κ1) is 27.1. The van der Waals surface area contributed by atoms with E-state index in [1.165, 1.54) is 70.6 Å². The molecule has 2 unspecified atom stereocenters. The molecular formula is C19H43NO4S. The van der Waals surface area contributed by atoms with Gasteiger partial charge in [-0.1, -0.05) is 86.0 Å². The molecule has 0 aromatic carbocycles. The number of unbranched alkanes of at least 4 members (excludes halogenated alkanes) is 2. The van der Waals surface area contributed by atoms with Crippen molar-refractivity contribution in [2.45, 2.75) is 111 Å². The molecule has 0 saturated heterocycles. The fourth-order valence-electron chi connectivity index (χ4n) is 3.48. The Morgan fingerprint density at radius 1 is 0.920 bits per heavy atom. The van der Waals surface area contributed by atoms with Gasteiger partial charge in [-0.25, -0.2) is 8.42 Å². The lowest BCUT2D eigenvalue weighted by molar-refractivity contribution is -0.487. The monoisotopic (exact) mass is 381 g/mol. The predicted molar refractivity (Wildman–Crippen MR) is 104 cm³/mol. The lowest BCUT2D eigenvalue weighted by Gasteiger charge is -2.32. The summed E-state index contributed by atoms with van der Waals surface area (Å²) in [5, 5.41) is 0. The van der Waals surface area contributed by atoms with E-state index in [1.54, 1.807) is 0 Å². The molecule has 154 valence electrons. The van der Waals surface area contributed by atoms with E-state index < -0.39 is 10.4 Å². The van der Waals surface area contributed by atoms with Crippen LogP contribution in [-0.2, 0) is 10.4 Å². The second kappa shape index (κ2) is 14.9. The zero-order valence-corrected chi connectivity index (χ0v) is 18.0. The van der Waals surface area contributed by atoms with E-state index in [-0.39, 0.29) is 0 Å². The maximum absolute atomic E-state index is 8.63. The van der Waals surface area contributed by atoms with Crippen molar-refractivity contribution in [3.8, 4) is 0 Å². The summed E-state index contributed by atoms with van der Waals surface area (Å²) < 4.78 is 32.8. The van der Waals surface area contributed by atoms with E-state index in [0.29, 0.717) is 5.54 Å². The van der Waals surface area contributed by atoms with Crippen LogP contribution in [0.5, 0.6) is 0 Å². The Balaban J connectivity index is 0. The number of quaternary nitrogens is 1. The standard InChI is InChI=1S/C19H41N.H2O4S/c1-6-11-13-17(8-3)15-19(20,10-5)16-18(9-4)14-12-7-2;1-5(2,3)4/h17-18H,6-16,20H2,1-5H3;(H2,1,2,3,4). The van der Waals surface area contributed by atoms with Crippen LogP contribution in [0.25, 0.3) is 0 Å². The Bertz CT molecular complexity index is 372. The topological polar surface area (TPSA) is 105 Å². The summed E-state index contributed by atoms with van der Waals surface area (Å²) in [6, 6.07) is 0. The highest BCUT2D eigenvalue weighted by molar-refractivity contribution is 7.79. The third-order valence-electron chi connectivity index (χ3n) is 5.28. The van der Waals surface area contributed by atoms with Gasteiger partial charge in [-0.3, -0.25) is 4.55 Å². The lowest BCUT2D eigenvalue weighted by atomic mass is 9.75. The highest BCUT2D eigenvalue weighted by atomic mass is 32.3. The molecule has 0 radical (unpaired) electrons. The quantitative estimate of drug-likeness (QED) is 0.359. The summed E-state index contributed by atoms with van der Waals surface area (Å²) in [5.74, 6) is 1.80. The number of hydrogen-bond acceptors (Lipinski definition) is 3. The van der Waals surface area contributed by atoms with E-state index >= 15 is 0 Å². The molecule has 4 N–H and O–H groups in total. The molecule has 5 nitrogen and oxygen atoms in total. The van der Waals surface area contributed by atoms with Gasteiger partial charge < -0.3 is 10.3 Å². The van der Waals surface area contributed by atoms with Gasteiger partial charge in [-0.05, 0) is 18.3 Å². The van der Waals surface area contributed by atoms with E-state index in [2.05, 4.69) is 40.4 Å². The van der Waals surface area contributed by atoms with Crippen molar-refractivity contribution in [2.75, 3.05) is 0 Å². The first-order valence-corrected chi connectivity index (χ1v) is 11.4. The van der Waals surface area contributed by atoms with Crippen LogP contribution in [0, 0.1) is 11.8 Å². The maximum atomic E-state index is 8.63. The van der Waals surface area contributed by atoms with Crippen LogP contribution >= 0.6 is 0 Å². The van der Waals surface area contributed by atoms with Crippen LogP contribution in [0.15, 0.2) is 0 Å². The van der Waals surface area contributed by atoms with Gasteiger partial charge in [0, 0.05) is 12.8 Å². The third-order valence-corrected chi connectivity index (χ3v) is 5.28. The van der Waals surface area contributed by atoms with Crippen molar-refractivity contribution >= 4 is 10.4 Å². The molecule has 25 heavy (non-hydrogen) atoms. The average Bonchev–Trinajstić information content (AvgIpc) is 2.53. The molecular weight excluding hydrogens is 338 g/mol. The fourth-order valence-corrected chi connectivity index (χ4v) is 3.48. The Kier molecular flexibility index (Phi) is 16.2. The van der Waals surface area contributed by atoms with Crippen molar-refractivity contribution in [1.29, 1.82) is 0 Å². The molecule has 6 heteroatoms. The van der Waals surface area contributed by atoms with Crippen molar-refractivity contribution < 1.29 is 23.3 Å². The van der Waals surface area contributed by atoms with Crippen molar-refractivity contribution in [3.05, 3.63) is 0 Å². The van der Waals surface area contributed by atoms with Crippen LogP contribution in [0.3, 0.4) is 0 Å². The minimum absolute atomic E-state index is 0.336. The zero-order valence-electron chi connectivity index (χ0n) is 17.2. The summed E-state index contributed by atoms with van der Waals surface area (Å²) >= 11 is 0. The van der Waals surface area contributed by atoms with E-state index in [9.17, 15) is 0 Å². The molecule has 0 aliphatic heterocycles. The SMILES string of the molecule is CCCCC(CC)CC([NH3+])(CC)CC(CC)CCCC.O=S(=O)([O-])O. The van der Waals surface area contributed by atoms with Crippen LogP contribution < -0.4 is 5.73 Å².